The van der Waals surface area contributed by atoms with Gasteiger partial charge in [0.15, 0.2) is 0 Å². The number of carbonyl (C=O) groups excluding carboxylic acids is 1. The average Bonchev–Trinajstić information content (AvgIpc) is 2.65. The van der Waals surface area contributed by atoms with E-state index in [9.17, 15) is 4.79 Å². The fourth-order valence-corrected chi connectivity index (χ4v) is 3.48. The second kappa shape index (κ2) is 8.40. The van der Waals surface area contributed by atoms with E-state index in [-0.39, 0.29) is 6.54 Å². The summed E-state index contributed by atoms with van der Waals surface area (Å²) in [6, 6.07) is 14.4. The summed E-state index contributed by atoms with van der Waals surface area (Å²) in [6.45, 7) is 6.97. The molecule has 3 rings (SSSR count). The molecule has 0 saturated heterocycles. The highest BCUT2D eigenvalue weighted by atomic mass is 16.1. The van der Waals surface area contributed by atoms with Crippen molar-refractivity contribution in [1.82, 2.24) is 4.98 Å². The number of nitrogens with one attached hydrogen (secondary N) is 1. The maximum absolute atomic E-state index is 11.1. The molecule has 0 fully saturated rings. The number of aryl methyl sites for hydroxylation is 1. The molecule has 2 aromatic carbocycles. The molecule has 0 unspecified atom stereocenters. The van der Waals surface area contributed by atoms with Crippen LogP contribution in [-0.4, -0.2) is 17.4 Å². The van der Waals surface area contributed by atoms with Crippen LogP contribution in [0, 0.1) is 12.8 Å². The van der Waals surface area contributed by atoms with Crippen LogP contribution in [0.15, 0.2) is 42.5 Å². The van der Waals surface area contributed by atoms with Gasteiger partial charge in [-0.2, -0.15) is 0 Å². The molecule has 5 heteroatoms. The summed E-state index contributed by atoms with van der Waals surface area (Å²) in [5.41, 5.74) is 18.8. The van der Waals surface area contributed by atoms with Gasteiger partial charge in [-0.05, 0) is 54.2 Å². The highest BCUT2D eigenvalue weighted by Crippen LogP contribution is 2.35. The predicted octanol–water partition coefficient (Wildman–Crippen LogP) is 3.76. The molecule has 0 aliphatic rings. The minimum atomic E-state index is -0.396. The number of pyridine rings is 1. The first-order chi connectivity index (χ1) is 13.4. The zero-order valence-electron chi connectivity index (χ0n) is 16.8. The van der Waals surface area contributed by atoms with Gasteiger partial charge in [0.1, 0.15) is 0 Å². The van der Waals surface area contributed by atoms with Crippen LogP contribution in [0.2, 0.25) is 0 Å². The molecule has 0 aliphatic heterocycles. The maximum Gasteiger partial charge on any atom is 0.236 e. The first kappa shape index (κ1) is 19.8. The number of carbonyl (C=O) groups is 1. The molecule has 146 valence electrons. The third-order valence-corrected chi connectivity index (χ3v) is 4.78. The maximum atomic E-state index is 11.1. The lowest BCUT2D eigenvalue weighted by atomic mass is 9.91. The van der Waals surface area contributed by atoms with Gasteiger partial charge >= 0.3 is 0 Å². The lowest BCUT2D eigenvalue weighted by molar-refractivity contribution is -0.116. The van der Waals surface area contributed by atoms with Gasteiger partial charge in [-0.15, -0.1) is 0 Å². The molecule has 1 aromatic heterocycles. The van der Waals surface area contributed by atoms with Gasteiger partial charge in [-0.3, -0.25) is 9.78 Å². The van der Waals surface area contributed by atoms with E-state index in [0.29, 0.717) is 12.5 Å². The van der Waals surface area contributed by atoms with Gasteiger partial charge in [0.2, 0.25) is 5.91 Å². The van der Waals surface area contributed by atoms with E-state index >= 15 is 0 Å². The van der Waals surface area contributed by atoms with Crippen molar-refractivity contribution in [3.8, 4) is 11.1 Å². The van der Waals surface area contributed by atoms with E-state index < -0.39 is 5.91 Å². The number of aromatic nitrogens is 1. The number of amides is 1. The predicted molar refractivity (Wildman–Crippen MR) is 116 cm³/mol. The lowest BCUT2D eigenvalue weighted by Gasteiger charge is -2.18. The van der Waals surface area contributed by atoms with Crippen LogP contribution in [-0.2, 0) is 17.8 Å². The van der Waals surface area contributed by atoms with E-state index in [1.807, 2.05) is 18.2 Å². The molecule has 3 aromatic rings. The van der Waals surface area contributed by atoms with Crippen molar-refractivity contribution < 1.29 is 4.79 Å². The Morgan fingerprint density at radius 1 is 1.14 bits per heavy atom. The third kappa shape index (κ3) is 4.31. The number of benzene rings is 2. The highest BCUT2D eigenvalue weighted by Gasteiger charge is 2.17. The van der Waals surface area contributed by atoms with Crippen molar-refractivity contribution in [3.05, 3.63) is 59.3 Å². The molecule has 5 nitrogen and oxygen atoms in total. The van der Waals surface area contributed by atoms with Crippen LogP contribution in [0.4, 0.5) is 5.69 Å². The lowest BCUT2D eigenvalue weighted by Crippen LogP contribution is -2.21. The summed E-state index contributed by atoms with van der Waals surface area (Å²) in [5.74, 6) is 0.0875. The second-order valence-corrected chi connectivity index (χ2v) is 7.63. The van der Waals surface area contributed by atoms with Crippen molar-refractivity contribution >= 4 is 22.5 Å². The molecule has 0 radical (unpaired) electrons. The van der Waals surface area contributed by atoms with Crippen LogP contribution in [0.5, 0.6) is 0 Å². The zero-order chi connectivity index (χ0) is 20.3. The molecule has 1 amide bonds. The normalized spacial score (nSPS) is 11.2. The fourth-order valence-electron chi connectivity index (χ4n) is 3.48. The van der Waals surface area contributed by atoms with Gasteiger partial charge in [-0.25, -0.2) is 0 Å². The van der Waals surface area contributed by atoms with E-state index in [0.717, 1.165) is 45.4 Å². The Morgan fingerprint density at radius 3 is 2.46 bits per heavy atom. The van der Waals surface area contributed by atoms with Crippen molar-refractivity contribution in [2.24, 2.45) is 17.4 Å². The second-order valence-electron chi connectivity index (χ2n) is 7.63. The van der Waals surface area contributed by atoms with Crippen LogP contribution in [0.25, 0.3) is 22.0 Å². The first-order valence-electron chi connectivity index (χ1n) is 9.63. The molecule has 1 heterocycles. The molecule has 0 bridgehead atoms. The van der Waals surface area contributed by atoms with E-state index in [1.54, 1.807) is 0 Å². The monoisotopic (exact) mass is 376 g/mol. The van der Waals surface area contributed by atoms with E-state index in [4.69, 9.17) is 16.5 Å². The number of primary amides is 1. The summed E-state index contributed by atoms with van der Waals surface area (Å²) in [7, 11) is 0. The average molecular weight is 377 g/mol. The minimum Gasteiger partial charge on any atom is -0.376 e. The van der Waals surface area contributed by atoms with Crippen molar-refractivity contribution in [3.63, 3.8) is 0 Å². The van der Waals surface area contributed by atoms with Crippen LogP contribution >= 0.6 is 0 Å². The standard InChI is InChI=1S/C23H28N4O/c1-14(2)10-21-19(12-24)23(16-6-4-15(3)5-7-16)18-11-17(26-13-22(25)28)8-9-20(18)27-21/h4-9,11,14,26H,10,12-13,24H2,1-3H3,(H2,25,28). The molecular weight excluding hydrogens is 348 g/mol. The molecule has 5 N–H and O–H groups in total. The number of anilines is 1. The molecule has 0 saturated carbocycles. The Hall–Kier alpha value is -2.92. The molecule has 0 aliphatic carbocycles. The molecular formula is C23H28N4O. The van der Waals surface area contributed by atoms with Gasteiger partial charge < -0.3 is 16.8 Å². The Balaban J connectivity index is 2.26. The minimum absolute atomic E-state index is 0.0912. The smallest absolute Gasteiger partial charge is 0.236 e. The summed E-state index contributed by atoms with van der Waals surface area (Å²) in [6.07, 6.45) is 0.878. The van der Waals surface area contributed by atoms with Crippen molar-refractivity contribution in [1.29, 1.82) is 0 Å². The van der Waals surface area contributed by atoms with Crippen molar-refractivity contribution in [2.75, 3.05) is 11.9 Å². The van der Waals surface area contributed by atoms with E-state index in [1.165, 1.54) is 5.56 Å². The van der Waals surface area contributed by atoms with Crippen LogP contribution in [0.1, 0.15) is 30.7 Å². The quantitative estimate of drug-likeness (QED) is 0.585. The number of hydrogen-bond donors (Lipinski definition) is 3. The van der Waals surface area contributed by atoms with E-state index in [2.05, 4.69) is 50.4 Å². The highest BCUT2D eigenvalue weighted by molar-refractivity contribution is 5.98. The van der Waals surface area contributed by atoms with Gasteiger partial charge in [-0.1, -0.05) is 43.7 Å². The number of nitrogens with zero attached hydrogens (tertiary/aromatic N) is 1. The summed E-state index contributed by atoms with van der Waals surface area (Å²) >= 11 is 0. The largest absolute Gasteiger partial charge is 0.376 e. The number of rotatable bonds is 7. The Bertz CT molecular complexity index is 994. The Kier molecular flexibility index (Phi) is 5.95. The van der Waals surface area contributed by atoms with Crippen molar-refractivity contribution in [2.45, 2.75) is 33.7 Å². The topological polar surface area (TPSA) is 94.0 Å². The number of fused-ring (bicyclic) bond motifs is 1. The van der Waals surface area contributed by atoms with Gasteiger partial charge in [0.25, 0.3) is 0 Å². The number of hydrogen-bond acceptors (Lipinski definition) is 4. The van der Waals surface area contributed by atoms with Crippen LogP contribution in [0.3, 0.4) is 0 Å². The zero-order valence-corrected chi connectivity index (χ0v) is 16.8. The SMILES string of the molecule is Cc1ccc(-c2c(CN)c(CC(C)C)nc3ccc(NCC(N)=O)cc23)cc1. The Labute approximate surface area is 166 Å². The van der Waals surface area contributed by atoms with Crippen LogP contribution < -0.4 is 16.8 Å². The third-order valence-electron chi connectivity index (χ3n) is 4.78. The summed E-state index contributed by atoms with van der Waals surface area (Å²) in [4.78, 5) is 16.1. The van der Waals surface area contributed by atoms with Gasteiger partial charge in [0, 0.05) is 23.3 Å². The first-order valence-corrected chi connectivity index (χ1v) is 9.63. The summed E-state index contributed by atoms with van der Waals surface area (Å²) < 4.78 is 0. The van der Waals surface area contributed by atoms with Gasteiger partial charge in [0.05, 0.1) is 12.1 Å². The molecule has 28 heavy (non-hydrogen) atoms. The fraction of sp³-hybridized carbons (Fsp3) is 0.304. The molecule has 0 spiro atoms. The number of nitrogens with two attached hydrogens (primary N) is 2. The molecule has 0 atom stereocenters. The Morgan fingerprint density at radius 2 is 1.86 bits per heavy atom. The summed E-state index contributed by atoms with van der Waals surface area (Å²) in [5, 5.41) is 4.09.